The van der Waals surface area contributed by atoms with Crippen LogP contribution in [0, 0.1) is 6.92 Å². The van der Waals surface area contributed by atoms with Gasteiger partial charge in [0.25, 0.3) is 0 Å². The average Bonchev–Trinajstić information content (AvgIpc) is 2.59. The normalized spacial score (nSPS) is 11.5. The summed E-state index contributed by atoms with van der Waals surface area (Å²) in [6.07, 6.45) is 0. The van der Waals surface area contributed by atoms with Gasteiger partial charge in [0.05, 0.1) is 0 Å². The summed E-state index contributed by atoms with van der Waals surface area (Å²) < 4.78 is 0. The van der Waals surface area contributed by atoms with Crippen molar-refractivity contribution in [3.05, 3.63) is 30.0 Å². The molecule has 3 heteroatoms. The molecule has 4 N–H and O–H groups in total. The molecule has 1 aromatic carbocycles. The van der Waals surface area contributed by atoms with Gasteiger partial charge in [0, 0.05) is 27.5 Å². The van der Waals surface area contributed by atoms with E-state index >= 15 is 0 Å². The first kappa shape index (κ1) is 7.50. The van der Waals surface area contributed by atoms with Crippen LogP contribution in [0.5, 0.6) is 0 Å². The highest BCUT2D eigenvalue weighted by Gasteiger charge is 2.02. The van der Waals surface area contributed by atoms with Gasteiger partial charge >= 0.3 is 0 Å². The Bertz CT molecular complexity index is 513. The Labute approximate surface area is 80.9 Å². The van der Waals surface area contributed by atoms with Crippen molar-refractivity contribution in [2.75, 3.05) is 5.73 Å². The maximum atomic E-state index is 5.69. The van der Waals surface area contributed by atoms with Gasteiger partial charge in [0.2, 0.25) is 0 Å². The SMILES string of the molecule is Cc1cc2cc3[nH]c(N)cc3cc2[nH]1. The molecule has 0 amide bonds. The van der Waals surface area contributed by atoms with Crippen LogP contribution in [0.4, 0.5) is 5.82 Å². The first-order chi connectivity index (χ1) is 6.72. The molecular formula is C11H11N3. The molecule has 0 fully saturated rings. The Morgan fingerprint density at radius 3 is 2.36 bits per heavy atom. The van der Waals surface area contributed by atoms with Crippen molar-refractivity contribution in [2.24, 2.45) is 0 Å². The van der Waals surface area contributed by atoms with Crippen LogP contribution in [0.25, 0.3) is 21.8 Å². The summed E-state index contributed by atoms with van der Waals surface area (Å²) >= 11 is 0. The summed E-state index contributed by atoms with van der Waals surface area (Å²) in [7, 11) is 0. The van der Waals surface area contributed by atoms with Gasteiger partial charge in [-0.25, -0.2) is 0 Å². The molecule has 14 heavy (non-hydrogen) atoms. The Morgan fingerprint density at radius 2 is 1.57 bits per heavy atom. The number of nitrogens with two attached hydrogens (primary N) is 1. The van der Waals surface area contributed by atoms with Crippen molar-refractivity contribution in [3.63, 3.8) is 0 Å². The third-order valence-electron chi connectivity index (χ3n) is 2.52. The second-order valence-corrected chi connectivity index (χ2v) is 3.70. The Balaban J connectivity index is 2.49. The van der Waals surface area contributed by atoms with E-state index in [0.29, 0.717) is 5.82 Å². The maximum Gasteiger partial charge on any atom is 0.101 e. The number of hydrogen-bond donors (Lipinski definition) is 3. The molecule has 0 aliphatic carbocycles. The van der Waals surface area contributed by atoms with Crippen molar-refractivity contribution in [3.8, 4) is 0 Å². The van der Waals surface area contributed by atoms with Crippen LogP contribution in [0.3, 0.4) is 0 Å². The largest absolute Gasteiger partial charge is 0.385 e. The number of rotatable bonds is 0. The molecular weight excluding hydrogens is 174 g/mol. The van der Waals surface area contributed by atoms with Gasteiger partial charge in [0.1, 0.15) is 5.82 Å². The van der Waals surface area contributed by atoms with Gasteiger partial charge in [0.15, 0.2) is 0 Å². The van der Waals surface area contributed by atoms with Crippen LogP contribution in [0.1, 0.15) is 5.69 Å². The second-order valence-electron chi connectivity index (χ2n) is 3.70. The highest BCUT2D eigenvalue weighted by atomic mass is 14.8. The van der Waals surface area contributed by atoms with E-state index in [1.165, 1.54) is 11.1 Å². The quantitative estimate of drug-likeness (QED) is 0.495. The van der Waals surface area contributed by atoms with Crippen LogP contribution in [-0.4, -0.2) is 9.97 Å². The highest BCUT2D eigenvalue weighted by Crippen LogP contribution is 2.24. The fraction of sp³-hybridized carbons (Fsp3) is 0.0909. The summed E-state index contributed by atoms with van der Waals surface area (Å²) in [5, 5.41) is 2.37. The van der Waals surface area contributed by atoms with Crippen molar-refractivity contribution >= 4 is 27.6 Å². The molecule has 0 aliphatic rings. The molecule has 2 aromatic heterocycles. The molecule has 0 saturated carbocycles. The lowest BCUT2D eigenvalue weighted by Crippen LogP contribution is -1.80. The minimum atomic E-state index is 0.712. The standard InChI is InChI=1S/C11H11N3/c1-6-2-7-3-10-8(4-9(7)13-6)5-11(12)14-10/h2-5,13-14H,12H2,1H3. The van der Waals surface area contributed by atoms with E-state index in [4.69, 9.17) is 5.73 Å². The zero-order valence-corrected chi connectivity index (χ0v) is 7.89. The predicted octanol–water partition coefficient (Wildman–Crippen LogP) is 2.54. The molecule has 0 atom stereocenters. The van der Waals surface area contributed by atoms with E-state index in [9.17, 15) is 0 Å². The fourth-order valence-corrected chi connectivity index (χ4v) is 1.93. The van der Waals surface area contributed by atoms with Crippen LogP contribution >= 0.6 is 0 Å². The number of anilines is 1. The third-order valence-corrected chi connectivity index (χ3v) is 2.52. The molecule has 3 nitrogen and oxygen atoms in total. The number of aromatic amines is 2. The van der Waals surface area contributed by atoms with Gasteiger partial charge in [-0.3, -0.25) is 0 Å². The first-order valence-corrected chi connectivity index (χ1v) is 4.60. The number of aromatic nitrogens is 2. The number of benzene rings is 1. The van der Waals surface area contributed by atoms with Gasteiger partial charge in [-0.15, -0.1) is 0 Å². The number of H-pyrrole nitrogens is 2. The third kappa shape index (κ3) is 0.923. The monoisotopic (exact) mass is 185 g/mol. The highest BCUT2D eigenvalue weighted by molar-refractivity contribution is 5.97. The van der Waals surface area contributed by atoms with E-state index in [1.54, 1.807) is 0 Å². The number of nitrogens with one attached hydrogen (secondary N) is 2. The van der Waals surface area contributed by atoms with E-state index in [0.717, 1.165) is 16.4 Å². The van der Waals surface area contributed by atoms with Gasteiger partial charge in [-0.2, -0.15) is 0 Å². The van der Waals surface area contributed by atoms with Crippen LogP contribution < -0.4 is 5.73 Å². The lowest BCUT2D eigenvalue weighted by molar-refractivity contribution is 1.30. The predicted molar refractivity (Wildman–Crippen MR) is 59.3 cm³/mol. The van der Waals surface area contributed by atoms with Gasteiger partial charge < -0.3 is 15.7 Å². The lowest BCUT2D eigenvalue weighted by atomic mass is 10.2. The first-order valence-electron chi connectivity index (χ1n) is 4.60. The van der Waals surface area contributed by atoms with Crippen molar-refractivity contribution in [2.45, 2.75) is 6.92 Å². The number of fused-ring (bicyclic) bond motifs is 2. The summed E-state index contributed by atoms with van der Waals surface area (Å²) in [6.45, 7) is 2.06. The topological polar surface area (TPSA) is 57.6 Å². The molecule has 0 radical (unpaired) electrons. The maximum absolute atomic E-state index is 5.69. The van der Waals surface area contributed by atoms with Crippen LogP contribution in [0.15, 0.2) is 24.3 Å². The zero-order chi connectivity index (χ0) is 9.71. The average molecular weight is 185 g/mol. The van der Waals surface area contributed by atoms with Crippen molar-refractivity contribution in [1.82, 2.24) is 9.97 Å². The molecule has 2 heterocycles. The summed E-state index contributed by atoms with van der Waals surface area (Å²) in [6, 6.07) is 8.31. The molecule has 0 saturated heterocycles. The summed E-state index contributed by atoms with van der Waals surface area (Å²) in [5.41, 5.74) is 9.12. The van der Waals surface area contributed by atoms with E-state index in [-0.39, 0.29) is 0 Å². The Kier molecular flexibility index (Phi) is 1.24. The fourth-order valence-electron chi connectivity index (χ4n) is 1.93. The number of hydrogen-bond acceptors (Lipinski definition) is 1. The van der Waals surface area contributed by atoms with Gasteiger partial charge in [-0.05, 0) is 31.2 Å². The molecule has 3 rings (SSSR count). The van der Waals surface area contributed by atoms with Crippen LogP contribution in [-0.2, 0) is 0 Å². The summed E-state index contributed by atoms with van der Waals surface area (Å²) in [4.78, 5) is 6.43. The zero-order valence-electron chi connectivity index (χ0n) is 7.89. The lowest BCUT2D eigenvalue weighted by Gasteiger charge is -1.90. The minimum absolute atomic E-state index is 0.712. The number of aryl methyl sites for hydroxylation is 1. The molecule has 0 unspecified atom stereocenters. The summed E-state index contributed by atoms with van der Waals surface area (Å²) in [5.74, 6) is 0.712. The van der Waals surface area contributed by atoms with E-state index < -0.39 is 0 Å². The molecule has 0 aliphatic heterocycles. The smallest absolute Gasteiger partial charge is 0.101 e. The Hall–Kier alpha value is -1.90. The second kappa shape index (κ2) is 2.32. The Morgan fingerprint density at radius 1 is 0.929 bits per heavy atom. The van der Waals surface area contributed by atoms with E-state index in [2.05, 4.69) is 35.1 Å². The minimum Gasteiger partial charge on any atom is -0.385 e. The molecule has 0 spiro atoms. The van der Waals surface area contributed by atoms with E-state index in [1.807, 2.05) is 6.07 Å². The molecule has 0 bridgehead atoms. The van der Waals surface area contributed by atoms with Crippen molar-refractivity contribution < 1.29 is 0 Å². The van der Waals surface area contributed by atoms with Gasteiger partial charge in [-0.1, -0.05) is 0 Å². The number of nitrogen functional groups attached to an aromatic ring is 1. The molecule has 3 aromatic rings. The van der Waals surface area contributed by atoms with Crippen molar-refractivity contribution in [1.29, 1.82) is 0 Å². The van der Waals surface area contributed by atoms with Crippen LogP contribution in [0.2, 0.25) is 0 Å². The molecule has 70 valence electrons.